The number of fused-ring (bicyclic) bond motifs is 5. The summed E-state index contributed by atoms with van der Waals surface area (Å²) in [4.78, 5) is 11.5. The minimum absolute atomic E-state index is 0.0974. The van der Waals surface area contributed by atoms with Crippen LogP contribution in [0.15, 0.2) is 11.6 Å². The number of carbonyl (C=O) groups excluding carboxylic acids is 1. The van der Waals surface area contributed by atoms with Gasteiger partial charge in [0.15, 0.2) is 9.04 Å². The second kappa shape index (κ2) is 9.12. The van der Waals surface area contributed by atoms with Crippen LogP contribution in [0, 0.1) is 45.8 Å². The third kappa shape index (κ3) is 4.65. The Morgan fingerprint density at radius 2 is 1.85 bits per heavy atom. The Bertz CT molecular complexity index is 767. The van der Waals surface area contributed by atoms with Crippen LogP contribution in [0.3, 0.4) is 0 Å². The molecule has 0 aromatic carbocycles. The third-order valence-electron chi connectivity index (χ3n) is 10.7. The monoisotopic (exact) mass is 474 g/mol. The molecule has 0 aliphatic heterocycles. The molecule has 4 heteroatoms. The first-order chi connectivity index (χ1) is 15.4. The smallest absolute Gasteiger partial charge is 0.302 e. The molecule has 0 N–H and O–H groups in total. The molecule has 2 unspecified atom stereocenters. The van der Waals surface area contributed by atoms with Crippen molar-refractivity contribution in [2.75, 3.05) is 6.61 Å². The molecule has 3 fully saturated rings. The summed E-state index contributed by atoms with van der Waals surface area (Å²) in [5, 5.41) is 0. The van der Waals surface area contributed by atoms with Crippen LogP contribution in [0.25, 0.3) is 0 Å². The number of allylic oxidation sites excluding steroid dienone is 1. The Morgan fingerprint density at radius 1 is 1.12 bits per heavy atom. The summed E-state index contributed by atoms with van der Waals surface area (Å²) >= 11 is 0. The fourth-order valence-electron chi connectivity index (χ4n) is 8.93. The summed E-state index contributed by atoms with van der Waals surface area (Å²) in [6, 6.07) is 0. The summed E-state index contributed by atoms with van der Waals surface area (Å²) in [6.45, 7) is 19.7. The van der Waals surface area contributed by atoms with Crippen molar-refractivity contribution in [3.05, 3.63) is 11.6 Å². The zero-order chi connectivity index (χ0) is 24.2. The average Bonchev–Trinajstić information content (AvgIpc) is 3.04. The molecule has 8 atom stereocenters. The molecule has 3 nitrogen and oxygen atoms in total. The SMILES string of the molecule is CC(=O)OC1CC[C@@]2(C)C(=CC[C@H]3[C@@H]4CC[C@H](C(CO[SiH](C)C)C(C)(C)C)[C@@]4(C)CC[C@@H]32)C1. The lowest BCUT2D eigenvalue weighted by atomic mass is 9.46. The van der Waals surface area contributed by atoms with Gasteiger partial charge in [0.05, 0.1) is 0 Å². The molecule has 0 saturated heterocycles. The van der Waals surface area contributed by atoms with Crippen molar-refractivity contribution >= 4 is 15.0 Å². The van der Waals surface area contributed by atoms with E-state index >= 15 is 0 Å². The molecule has 0 amide bonds. The Labute approximate surface area is 205 Å². The molecule has 33 heavy (non-hydrogen) atoms. The fraction of sp³-hybridized carbons (Fsp3) is 0.897. The van der Waals surface area contributed by atoms with Gasteiger partial charge in [-0.15, -0.1) is 0 Å². The number of hydrogen-bond donors (Lipinski definition) is 0. The van der Waals surface area contributed by atoms with E-state index in [1.54, 1.807) is 12.5 Å². The van der Waals surface area contributed by atoms with Gasteiger partial charge < -0.3 is 9.16 Å². The molecule has 0 radical (unpaired) electrons. The van der Waals surface area contributed by atoms with Gasteiger partial charge >= 0.3 is 5.97 Å². The standard InChI is InChI=1S/C29H50O3Si/c1-19(30)32-21-13-15-28(5)20(17-21)9-10-22-23-11-12-25(29(23,6)16-14-24(22)28)26(27(2,3)4)18-31-33(7)8/h9,21-26,33H,10-18H2,1-8H3/t21?,22-,23-,24-,25+,26?,28-,29-/m0/s1. The molecule has 0 aromatic rings. The lowest BCUT2D eigenvalue weighted by Gasteiger charge is -2.59. The van der Waals surface area contributed by atoms with Crippen molar-refractivity contribution in [3.8, 4) is 0 Å². The van der Waals surface area contributed by atoms with Crippen LogP contribution in [0.2, 0.25) is 13.1 Å². The predicted octanol–water partition coefficient (Wildman–Crippen LogP) is 7.16. The number of carbonyl (C=O) groups is 1. The van der Waals surface area contributed by atoms with Gasteiger partial charge in [0, 0.05) is 20.0 Å². The summed E-state index contributed by atoms with van der Waals surface area (Å²) in [5.41, 5.74) is 2.66. The Hall–Kier alpha value is -0.613. The first kappa shape index (κ1) is 25.5. The van der Waals surface area contributed by atoms with Gasteiger partial charge in [-0.2, -0.15) is 0 Å². The van der Waals surface area contributed by atoms with Crippen LogP contribution in [-0.4, -0.2) is 27.7 Å². The van der Waals surface area contributed by atoms with Gasteiger partial charge in [0.1, 0.15) is 6.10 Å². The van der Waals surface area contributed by atoms with E-state index in [9.17, 15) is 4.79 Å². The van der Waals surface area contributed by atoms with Gasteiger partial charge in [0.25, 0.3) is 0 Å². The normalized spacial score (nSPS) is 41.6. The molecular weight excluding hydrogens is 424 g/mol. The lowest BCUT2D eigenvalue weighted by Crippen LogP contribution is -2.52. The lowest BCUT2D eigenvalue weighted by molar-refractivity contribution is -0.148. The number of rotatable bonds is 5. The Kier molecular flexibility index (Phi) is 7.04. The quantitative estimate of drug-likeness (QED) is 0.241. The molecule has 4 rings (SSSR count). The van der Waals surface area contributed by atoms with Crippen molar-refractivity contribution in [2.24, 2.45) is 45.8 Å². The van der Waals surface area contributed by atoms with Crippen molar-refractivity contribution in [2.45, 2.75) is 112 Å². The van der Waals surface area contributed by atoms with Crippen LogP contribution < -0.4 is 0 Å². The van der Waals surface area contributed by atoms with E-state index in [4.69, 9.17) is 9.16 Å². The summed E-state index contributed by atoms with van der Waals surface area (Å²) in [5.74, 6) is 3.80. The van der Waals surface area contributed by atoms with Crippen LogP contribution in [-0.2, 0) is 14.0 Å². The molecule has 0 aromatic heterocycles. The molecule has 4 aliphatic carbocycles. The maximum Gasteiger partial charge on any atom is 0.302 e. The zero-order valence-electron chi connectivity index (χ0n) is 22.7. The Balaban J connectivity index is 1.55. The van der Waals surface area contributed by atoms with Gasteiger partial charge in [-0.05, 0) is 104 Å². The maximum atomic E-state index is 11.5. The summed E-state index contributed by atoms with van der Waals surface area (Å²) in [6.07, 6.45) is 12.6. The van der Waals surface area contributed by atoms with E-state index in [0.717, 1.165) is 43.1 Å². The molecular formula is C29H50O3Si. The first-order valence-electron chi connectivity index (χ1n) is 13.8. The number of esters is 1. The van der Waals surface area contributed by atoms with Crippen LogP contribution in [0.4, 0.5) is 0 Å². The molecule has 0 spiro atoms. The first-order valence-corrected chi connectivity index (χ1v) is 16.6. The van der Waals surface area contributed by atoms with Crippen molar-refractivity contribution in [3.63, 3.8) is 0 Å². The molecule has 0 bridgehead atoms. The average molecular weight is 475 g/mol. The highest BCUT2D eigenvalue weighted by atomic mass is 28.3. The number of hydrogen-bond acceptors (Lipinski definition) is 3. The van der Waals surface area contributed by atoms with Crippen molar-refractivity contribution < 1.29 is 14.0 Å². The van der Waals surface area contributed by atoms with Crippen LogP contribution in [0.1, 0.15) is 92.9 Å². The van der Waals surface area contributed by atoms with Gasteiger partial charge in [-0.25, -0.2) is 0 Å². The van der Waals surface area contributed by atoms with Crippen molar-refractivity contribution in [1.82, 2.24) is 0 Å². The fourth-order valence-corrected chi connectivity index (χ4v) is 9.52. The van der Waals surface area contributed by atoms with E-state index in [2.05, 4.69) is 53.8 Å². The minimum atomic E-state index is -1.01. The van der Waals surface area contributed by atoms with Crippen LogP contribution in [0.5, 0.6) is 0 Å². The maximum absolute atomic E-state index is 11.5. The molecule has 4 aliphatic rings. The van der Waals surface area contributed by atoms with E-state index in [-0.39, 0.29) is 12.1 Å². The van der Waals surface area contributed by atoms with Crippen molar-refractivity contribution in [1.29, 1.82) is 0 Å². The van der Waals surface area contributed by atoms with Gasteiger partial charge in [-0.1, -0.05) is 46.3 Å². The van der Waals surface area contributed by atoms with E-state index in [1.807, 2.05) is 0 Å². The van der Waals surface area contributed by atoms with Gasteiger partial charge in [0.2, 0.25) is 0 Å². The third-order valence-corrected chi connectivity index (χ3v) is 11.5. The zero-order valence-corrected chi connectivity index (χ0v) is 23.9. The van der Waals surface area contributed by atoms with E-state index in [1.165, 1.54) is 38.5 Å². The largest absolute Gasteiger partial charge is 0.462 e. The summed E-state index contributed by atoms with van der Waals surface area (Å²) < 4.78 is 12.0. The van der Waals surface area contributed by atoms with Crippen LogP contribution >= 0.6 is 0 Å². The topological polar surface area (TPSA) is 35.5 Å². The minimum Gasteiger partial charge on any atom is -0.462 e. The Morgan fingerprint density at radius 3 is 2.48 bits per heavy atom. The highest BCUT2D eigenvalue weighted by molar-refractivity contribution is 6.48. The van der Waals surface area contributed by atoms with Gasteiger partial charge in [-0.3, -0.25) is 4.79 Å². The van der Waals surface area contributed by atoms with E-state index < -0.39 is 9.04 Å². The second-order valence-corrected chi connectivity index (χ2v) is 16.2. The highest BCUT2D eigenvalue weighted by Crippen LogP contribution is 2.68. The molecule has 3 saturated carbocycles. The number of ether oxygens (including phenoxy) is 1. The molecule has 0 heterocycles. The summed E-state index contributed by atoms with van der Waals surface area (Å²) in [7, 11) is -1.01. The highest BCUT2D eigenvalue weighted by Gasteiger charge is 2.60. The molecule has 188 valence electrons. The predicted molar refractivity (Wildman–Crippen MR) is 139 cm³/mol. The second-order valence-electron chi connectivity index (χ2n) is 13.8. The van der Waals surface area contributed by atoms with E-state index in [0.29, 0.717) is 22.2 Å².